The number of allylic oxidation sites excluding steroid dienone is 1. The molecular weight excluding hydrogens is 335 g/mol. The topological polar surface area (TPSA) is 9.23 Å². The zero-order chi connectivity index (χ0) is 17.6. The van der Waals surface area contributed by atoms with Crippen molar-refractivity contribution in [2.24, 2.45) is 11.8 Å². The molecule has 0 N–H and O–H groups in total. The van der Waals surface area contributed by atoms with Crippen molar-refractivity contribution in [1.29, 1.82) is 0 Å². The summed E-state index contributed by atoms with van der Waals surface area (Å²) < 4.78 is 6.52. The van der Waals surface area contributed by atoms with Gasteiger partial charge in [0.25, 0.3) is 0 Å². The molecule has 2 heteroatoms. The van der Waals surface area contributed by atoms with Crippen LogP contribution in [0.1, 0.15) is 51.4 Å². The highest BCUT2D eigenvalue weighted by Gasteiger charge is 2.30. The maximum Gasteiger partial charge on any atom is 0.149 e. The van der Waals surface area contributed by atoms with Gasteiger partial charge in [0.2, 0.25) is 0 Å². The molecule has 26 heavy (non-hydrogen) atoms. The zero-order valence-electron chi connectivity index (χ0n) is 15.5. The van der Waals surface area contributed by atoms with Gasteiger partial charge < -0.3 is 4.52 Å². The summed E-state index contributed by atoms with van der Waals surface area (Å²) in [4.78, 5) is 0. The van der Waals surface area contributed by atoms with E-state index in [-0.39, 0.29) is 0 Å². The van der Waals surface area contributed by atoms with E-state index in [9.17, 15) is 0 Å². The highest BCUT2D eigenvalue weighted by molar-refractivity contribution is 7.68. The van der Waals surface area contributed by atoms with Gasteiger partial charge in [-0.15, -0.1) is 0 Å². The Hall–Kier alpha value is -1.59. The van der Waals surface area contributed by atoms with Crippen molar-refractivity contribution < 1.29 is 4.52 Å². The van der Waals surface area contributed by atoms with Gasteiger partial charge in [-0.2, -0.15) is 0 Å². The van der Waals surface area contributed by atoms with E-state index in [0.29, 0.717) is 0 Å². The van der Waals surface area contributed by atoms with Gasteiger partial charge in [0.1, 0.15) is 8.15 Å². The van der Waals surface area contributed by atoms with Crippen molar-refractivity contribution in [3.05, 3.63) is 72.5 Å². The van der Waals surface area contributed by atoms with Gasteiger partial charge in [0.05, 0.1) is 6.26 Å². The number of hydrogen-bond acceptors (Lipinski definition) is 1. The number of hydrogen-bond donors (Lipinski definition) is 0. The summed E-state index contributed by atoms with van der Waals surface area (Å²) in [5.74, 6) is 1.68. The highest BCUT2D eigenvalue weighted by atomic mass is 31.1. The maximum absolute atomic E-state index is 6.52. The van der Waals surface area contributed by atoms with E-state index in [1.165, 1.54) is 62.0 Å². The smallest absolute Gasteiger partial charge is 0.149 e. The Morgan fingerprint density at radius 3 is 1.96 bits per heavy atom. The minimum absolute atomic E-state index is 0.777. The summed E-state index contributed by atoms with van der Waals surface area (Å²) in [5, 5.41) is 2.58. The third kappa shape index (κ3) is 4.21. The zero-order valence-corrected chi connectivity index (χ0v) is 16.4. The van der Waals surface area contributed by atoms with Gasteiger partial charge in [-0.25, -0.2) is 0 Å². The fourth-order valence-corrected chi connectivity index (χ4v) is 6.30. The van der Waals surface area contributed by atoms with Crippen LogP contribution in [-0.4, -0.2) is 0 Å². The molecule has 2 aromatic rings. The first-order valence-electron chi connectivity index (χ1n) is 10.2. The predicted molar refractivity (Wildman–Crippen MR) is 112 cm³/mol. The molecule has 0 amide bonds. The van der Waals surface area contributed by atoms with E-state index in [4.69, 9.17) is 4.52 Å². The molecule has 0 heterocycles. The molecule has 1 atom stereocenters. The molecule has 2 aliphatic rings. The monoisotopic (exact) mass is 364 g/mol. The first-order chi connectivity index (χ1) is 12.9. The molecule has 1 nitrogen and oxygen atoms in total. The van der Waals surface area contributed by atoms with Gasteiger partial charge in [-0.05, 0) is 49.5 Å². The van der Waals surface area contributed by atoms with Crippen LogP contribution in [0.25, 0.3) is 0 Å². The Kier molecular flexibility index (Phi) is 6.07. The number of rotatable bonds is 5. The Morgan fingerprint density at radius 2 is 1.35 bits per heavy atom. The normalized spacial score (nSPS) is 22.8. The third-order valence-electron chi connectivity index (χ3n) is 5.97. The maximum atomic E-state index is 6.52. The Morgan fingerprint density at radius 1 is 0.731 bits per heavy atom. The van der Waals surface area contributed by atoms with Gasteiger partial charge >= 0.3 is 0 Å². The van der Waals surface area contributed by atoms with Crippen molar-refractivity contribution in [1.82, 2.24) is 0 Å². The lowest BCUT2D eigenvalue weighted by atomic mass is 9.78. The van der Waals surface area contributed by atoms with Crippen molar-refractivity contribution in [3.8, 4) is 0 Å². The number of benzene rings is 2. The van der Waals surface area contributed by atoms with E-state index in [1.54, 1.807) is 5.57 Å². The standard InChI is InChI=1S/C24H29OP/c1-4-11-20(12-5-1)24-18-10-13-21(24)19-25-26(22-14-6-2-7-15-22)23-16-8-3-9-17-23/h2-3,6-9,14-17,19-20,24H,1,4-5,10-13,18H2. The molecule has 1 unspecified atom stereocenters. The molecule has 0 radical (unpaired) electrons. The molecule has 2 aliphatic carbocycles. The van der Waals surface area contributed by atoms with E-state index in [2.05, 4.69) is 66.9 Å². The molecular formula is C24H29OP. The highest BCUT2D eigenvalue weighted by Crippen LogP contribution is 2.44. The minimum Gasteiger partial charge on any atom is -0.472 e. The van der Waals surface area contributed by atoms with Crippen LogP contribution in [0.5, 0.6) is 0 Å². The largest absolute Gasteiger partial charge is 0.472 e. The molecule has 0 saturated heterocycles. The van der Waals surface area contributed by atoms with Gasteiger partial charge in [-0.3, -0.25) is 0 Å². The second kappa shape index (κ2) is 8.87. The SMILES string of the molecule is C(OP(c1ccccc1)c1ccccc1)=C1CCCC1C1CCCCC1. The lowest BCUT2D eigenvalue weighted by molar-refractivity contribution is 0.277. The first kappa shape index (κ1) is 17.8. The fourth-order valence-electron chi connectivity index (χ4n) is 4.64. The van der Waals surface area contributed by atoms with Crippen molar-refractivity contribution >= 4 is 18.8 Å². The second-order valence-electron chi connectivity index (χ2n) is 7.66. The predicted octanol–water partition coefficient (Wildman–Crippen LogP) is 6.32. The summed E-state index contributed by atoms with van der Waals surface area (Å²) in [5.41, 5.74) is 1.58. The summed E-state index contributed by atoms with van der Waals surface area (Å²) in [6.07, 6.45) is 13.2. The van der Waals surface area contributed by atoms with Crippen LogP contribution >= 0.6 is 8.15 Å². The Labute approximate surface area is 159 Å². The van der Waals surface area contributed by atoms with Crippen LogP contribution in [0.3, 0.4) is 0 Å². The Bertz CT molecular complexity index is 664. The van der Waals surface area contributed by atoms with Crippen molar-refractivity contribution in [2.75, 3.05) is 0 Å². The molecule has 0 aromatic heterocycles. The molecule has 2 saturated carbocycles. The lowest BCUT2D eigenvalue weighted by Crippen LogP contribution is -2.17. The molecule has 4 rings (SSSR count). The molecule has 136 valence electrons. The van der Waals surface area contributed by atoms with Gasteiger partial charge in [0.15, 0.2) is 0 Å². The Balaban J connectivity index is 1.54. The van der Waals surface area contributed by atoms with Crippen LogP contribution in [-0.2, 0) is 4.52 Å². The quantitative estimate of drug-likeness (QED) is 0.446. The summed E-state index contributed by atoms with van der Waals surface area (Å²) in [6.45, 7) is 0. The van der Waals surface area contributed by atoms with E-state index in [1.807, 2.05) is 0 Å². The van der Waals surface area contributed by atoms with Gasteiger partial charge in [-0.1, -0.05) is 79.9 Å². The molecule has 0 bridgehead atoms. The lowest BCUT2D eigenvalue weighted by Gasteiger charge is -2.28. The van der Waals surface area contributed by atoms with Crippen LogP contribution in [0.4, 0.5) is 0 Å². The summed E-state index contributed by atoms with van der Waals surface area (Å²) in [6, 6.07) is 21.4. The minimum atomic E-state index is -0.780. The second-order valence-corrected chi connectivity index (χ2v) is 9.49. The average Bonchev–Trinajstić information content (AvgIpc) is 3.19. The molecule has 2 fully saturated rings. The first-order valence-corrected chi connectivity index (χ1v) is 11.4. The van der Waals surface area contributed by atoms with E-state index in [0.717, 1.165) is 11.8 Å². The molecule has 0 spiro atoms. The summed E-state index contributed by atoms with van der Waals surface area (Å²) in [7, 11) is -0.780. The molecule has 0 aliphatic heterocycles. The average molecular weight is 364 g/mol. The van der Waals surface area contributed by atoms with Crippen LogP contribution in [0, 0.1) is 11.8 Å². The summed E-state index contributed by atoms with van der Waals surface area (Å²) >= 11 is 0. The van der Waals surface area contributed by atoms with Crippen LogP contribution < -0.4 is 10.6 Å². The van der Waals surface area contributed by atoms with E-state index < -0.39 is 8.15 Å². The van der Waals surface area contributed by atoms with Crippen LogP contribution in [0.15, 0.2) is 72.5 Å². The molecule has 2 aromatic carbocycles. The van der Waals surface area contributed by atoms with Crippen molar-refractivity contribution in [2.45, 2.75) is 51.4 Å². The van der Waals surface area contributed by atoms with Gasteiger partial charge in [0, 0.05) is 10.6 Å². The third-order valence-corrected chi connectivity index (χ3v) is 7.82. The fraction of sp³-hybridized carbons (Fsp3) is 0.417. The van der Waals surface area contributed by atoms with Crippen LogP contribution in [0.2, 0.25) is 0 Å². The van der Waals surface area contributed by atoms with Crippen molar-refractivity contribution in [3.63, 3.8) is 0 Å². The van der Waals surface area contributed by atoms with E-state index >= 15 is 0 Å².